The number of hydrogen-bond acceptors (Lipinski definition) is 2. The van der Waals surface area contributed by atoms with Crippen LogP contribution in [0, 0.1) is 11.6 Å². The zero-order valence-electron chi connectivity index (χ0n) is 10.1. The molecule has 0 aliphatic carbocycles. The maximum atomic E-state index is 13.3. The predicted octanol–water partition coefficient (Wildman–Crippen LogP) is 4.00. The zero-order valence-corrected chi connectivity index (χ0v) is 11.7. The van der Waals surface area contributed by atoms with Crippen LogP contribution < -0.4 is 4.74 Å². The van der Waals surface area contributed by atoms with Crippen LogP contribution in [0.4, 0.5) is 8.78 Å². The summed E-state index contributed by atoms with van der Waals surface area (Å²) in [6, 6.07) is 7.41. The third-order valence-electron chi connectivity index (χ3n) is 2.45. The molecule has 0 fully saturated rings. The molecule has 3 nitrogen and oxygen atoms in total. The first kappa shape index (κ1) is 14.5. The number of carbonyl (C=O) groups is 1. The van der Waals surface area contributed by atoms with Gasteiger partial charge in [0, 0.05) is 10.5 Å². The molecule has 0 heterocycles. The van der Waals surface area contributed by atoms with Crippen molar-refractivity contribution in [3.05, 3.63) is 63.6 Å². The van der Waals surface area contributed by atoms with Gasteiger partial charge in [-0.25, -0.2) is 13.6 Å². The Hall–Kier alpha value is -1.95. The minimum atomic E-state index is -1.22. The first-order chi connectivity index (χ1) is 9.44. The number of benzene rings is 2. The maximum Gasteiger partial charge on any atom is 0.335 e. The largest absolute Gasteiger partial charge is 0.489 e. The van der Waals surface area contributed by atoms with E-state index < -0.39 is 17.6 Å². The first-order valence-corrected chi connectivity index (χ1v) is 6.35. The van der Waals surface area contributed by atoms with Crippen molar-refractivity contribution in [1.29, 1.82) is 0 Å². The number of aromatic carboxylic acids is 1. The third kappa shape index (κ3) is 3.77. The minimum Gasteiger partial charge on any atom is -0.489 e. The van der Waals surface area contributed by atoms with E-state index in [9.17, 15) is 13.6 Å². The van der Waals surface area contributed by atoms with Gasteiger partial charge in [-0.05, 0) is 35.9 Å². The van der Waals surface area contributed by atoms with Gasteiger partial charge in [0.1, 0.15) is 24.0 Å². The van der Waals surface area contributed by atoms with Gasteiger partial charge < -0.3 is 9.84 Å². The molecule has 0 saturated heterocycles. The zero-order chi connectivity index (χ0) is 14.7. The smallest absolute Gasteiger partial charge is 0.335 e. The van der Waals surface area contributed by atoms with Gasteiger partial charge in [0.05, 0.1) is 5.56 Å². The molecule has 0 atom stereocenters. The van der Waals surface area contributed by atoms with Crippen molar-refractivity contribution in [2.45, 2.75) is 6.61 Å². The summed E-state index contributed by atoms with van der Waals surface area (Å²) in [5.41, 5.74) is 0.187. The lowest BCUT2D eigenvalue weighted by molar-refractivity contribution is 0.0696. The second-order valence-electron chi connectivity index (χ2n) is 4.05. The molecule has 2 aromatic rings. The van der Waals surface area contributed by atoms with Crippen LogP contribution in [0.2, 0.25) is 0 Å². The standard InChI is InChI=1S/C14H9BrF2O3/c15-10-4-12(17)6-13(5-10)20-7-8-1-9(14(18)19)3-11(16)2-8/h1-6H,7H2,(H,18,19). The van der Waals surface area contributed by atoms with Gasteiger partial charge in [0.2, 0.25) is 0 Å². The maximum absolute atomic E-state index is 13.3. The van der Waals surface area contributed by atoms with Crippen molar-refractivity contribution in [3.63, 3.8) is 0 Å². The van der Waals surface area contributed by atoms with Crippen molar-refractivity contribution < 1.29 is 23.4 Å². The van der Waals surface area contributed by atoms with Crippen molar-refractivity contribution >= 4 is 21.9 Å². The van der Waals surface area contributed by atoms with Crippen molar-refractivity contribution in [2.24, 2.45) is 0 Å². The van der Waals surface area contributed by atoms with Gasteiger partial charge in [-0.3, -0.25) is 0 Å². The lowest BCUT2D eigenvalue weighted by Crippen LogP contribution is -2.02. The van der Waals surface area contributed by atoms with Crippen molar-refractivity contribution in [1.82, 2.24) is 0 Å². The van der Waals surface area contributed by atoms with Crippen LogP contribution in [-0.4, -0.2) is 11.1 Å². The van der Waals surface area contributed by atoms with Gasteiger partial charge in [0.25, 0.3) is 0 Å². The molecule has 0 spiro atoms. The summed E-state index contributed by atoms with van der Waals surface area (Å²) < 4.78 is 32.2. The molecule has 0 radical (unpaired) electrons. The Bertz CT molecular complexity index is 639. The Morgan fingerprint density at radius 2 is 1.80 bits per heavy atom. The molecular weight excluding hydrogens is 334 g/mol. The van der Waals surface area contributed by atoms with E-state index in [1.54, 1.807) is 6.07 Å². The van der Waals surface area contributed by atoms with Crippen LogP contribution in [0.1, 0.15) is 15.9 Å². The van der Waals surface area contributed by atoms with Gasteiger partial charge in [-0.15, -0.1) is 0 Å². The molecule has 0 aromatic heterocycles. The van der Waals surface area contributed by atoms with E-state index in [0.29, 0.717) is 10.0 Å². The summed E-state index contributed by atoms with van der Waals surface area (Å²) in [5, 5.41) is 8.83. The fourth-order valence-electron chi connectivity index (χ4n) is 1.64. The second kappa shape index (κ2) is 6.00. The Balaban J connectivity index is 2.16. The highest BCUT2D eigenvalue weighted by Gasteiger charge is 2.08. The lowest BCUT2D eigenvalue weighted by atomic mass is 10.1. The summed E-state index contributed by atoms with van der Waals surface area (Å²) in [7, 11) is 0. The van der Waals surface area contributed by atoms with Gasteiger partial charge >= 0.3 is 5.97 Å². The Labute approximate surface area is 121 Å². The molecule has 0 bridgehead atoms. The number of carboxylic acid groups (broad SMARTS) is 1. The molecule has 0 aliphatic rings. The Kier molecular flexibility index (Phi) is 4.34. The van der Waals surface area contributed by atoms with E-state index in [2.05, 4.69) is 15.9 Å². The van der Waals surface area contributed by atoms with E-state index in [4.69, 9.17) is 9.84 Å². The van der Waals surface area contributed by atoms with E-state index >= 15 is 0 Å². The SMILES string of the molecule is O=C(O)c1cc(F)cc(COc2cc(F)cc(Br)c2)c1. The summed E-state index contributed by atoms with van der Waals surface area (Å²) >= 11 is 3.12. The predicted molar refractivity (Wildman–Crippen MR) is 71.8 cm³/mol. The average molecular weight is 343 g/mol. The molecule has 0 saturated carbocycles. The summed E-state index contributed by atoms with van der Waals surface area (Å²) in [6.07, 6.45) is 0. The molecule has 20 heavy (non-hydrogen) atoms. The van der Waals surface area contributed by atoms with Gasteiger partial charge in [-0.1, -0.05) is 15.9 Å². The number of rotatable bonds is 4. The number of halogens is 3. The van der Waals surface area contributed by atoms with Crippen LogP contribution in [0.3, 0.4) is 0 Å². The van der Waals surface area contributed by atoms with E-state index in [0.717, 1.165) is 6.07 Å². The van der Waals surface area contributed by atoms with E-state index in [1.165, 1.54) is 24.3 Å². The topological polar surface area (TPSA) is 46.5 Å². The molecular formula is C14H9BrF2O3. The molecule has 6 heteroatoms. The Morgan fingerprint density at radius 3 is 2.45 bits per heavy atom. The molecule has 0 unspecified atom stereocenters. The van der Waals surface area contributed by atoms with E-state index in [1.807, 2.05) is 0 Å². The highest BCUT2D eigenvalue weighted by atomic mass is 79.9. The highest BCUT2D eigenvalue weighted by Crippen LogP contribution is 2.22. The van der Waals surface area contributed by atoms with Crippen molar-refractivity contribution in [3.8, 4) is 5.75 Å². The molecule has 104 valence electrons. The molecule has 0 amide bonds. The van der Waals surface area contributed by atoms with Gasteiger partial charge in [-0.2, -0.15) is 0 Å². The molecule has 0 aliphatic heterocycles. The third-order valence-corrected chi connectivity index (χ3v) is 2.90. The second-order valence-corrected chi connectivity index (χ2v) is 4.96. The van der Waals surface area contributed by atoms with E-state index in [-0.39, 0.29) is 17.9 Å². The molecule has 2 aromatic carbocycles. The number of ether oxygens (including phenoxy) is 1. The van der Waals surface area contributed by atoms with Gasteiger partial charge in [0.15, 0.2) is 0 Å². The van der Waals surface area contributed by atoms with Crippen molar-refractivity contribution in [2.75, 3.05) is 0 Å². The van der Waals surface area contributed by atoms with Crippen LogP contribution >= 0.6 is 15.9 Å². The van der Waals surface area contributed by atoms with Crippen LogP contribution in [-0.2, 0) is 6.61 Å². The highest BCUT2D eigenvalue weighted by molar-refractivity contribution is 9.10. The first-order valence-electron chi connectivity index (χ1n) is 5.56. The summed E-state index contributed by atoms with van der Waals surface area (Å²) in [4.78, 5) is 10.8. The van der Waals surface area contributed by atoms with Crippen LogP contribution in [0.25, 0.3) is 0 Å². The fourth-order valence-corrected chi connectivity index (χ4v) is 2.08. The minimum absolute atomic E-state index is 0.0616. The normalized spacial score (nSPS) is 10.3. The Morgan fingerprint density at radius 1 is 1.10 bits per heavy atom. The molecule has 2 rings (SSSR count). The lowest BCUT2D eigenvalue weighted by Gasteiger charge is -2.08. The molecule has 1 N–H and O–H groups in total. The fraction of sp³-hybridized carbons (Fsp3) is 0.0714. The van der Waals surface area contributed by atoms with Crippen LogP contribution in [0.5, 0.6) is 5.75 Å². The summed E-state index contributed by atoms with van der Waals surface area (Å²) in [6.45, 7) is -0.0616. The monoisotopic (exact) mass is 342 g/mol. The summed E-state index contributed by atoms with van der Waals surface area (Å²) in [5.74, 6) is -2.10. The number of hydrogen-bond donors (Lipinski definition) is 1. The number of carboxylic acids is 1. The quantitative estimate of drug-likeness (QED) is 0.913. The average Bonchev–Trinajstić information content (AvgIpc) is 2.34. The van der Waals surface area contributed by atoms with Crippen LogP contribution in [0.15, 0.2) is 40.9 Å².